The summed E-state index contributed by atoms with van der Waals surface area (Å²) in [5.74, 6) is 1.20. The van der Waals surface area contributed by atoms with E-state index in [-0.39, 0.29) is 40.6 Å². The minimum atomic E-state index is -4.39. The van der Waals surface area contributed by atoms with Crippen molar-refractivity contribution in [3.05, 3.63) is 65.2 Å². The number of nitrogens with zero attached hydrogens (tertiary/aromatic N) is 1. The van der Waals surface area contributed by atoms with Gasteiger partial charge in [0.15, 0.2) is 0 Å². The van der Waals surface area contributed by atoms with E-state index in [1.165, 1.54) is 30.3 Å². The van der Waals surface area contributed by atoms with Crippen molar-refractivity contribution in [2.24, 2.45) is 5.73 Å². The van der Waals surface area contributed by atoms with E-state index in [9.17, 15) is 28.0 Å². The van der Waals surface area contributed by atoms with Crippen molar-refractivity contribution >= 4 is 28.1 Å². The number of rotatable bonds is 10. The summed E-state index contributed by atoms with van der Waals surface area (Å²) >= 11 is 0. The number of aldehydes is 1. The lowest BCUT2D eigenvalue weighted by molar-refractivity contribution is -0.124. The van der Waals surface area contributed by atoms with Gasteiger partial charge in [-0.2, -0.15) is 0 Å². The van der Waals surface area contributed by atoms with Gasteiger partial charge in [0, 0.05) is 24.1 Å². The van der Waals surface area contributed by atoms with E-state index >= 15 is 0 Å². The SMILES string of the molecule is C#Cc1ccc(S(=O)(=O)N(O)[C@@H](C=O)CCC(=O)NCc2ccccc2C(N)=O)cc1. The zero-order valence-corrected chi connectivity index (χ0v) is 17.2. The van der Waals surface area contributed by atoms with Crippen LogP contribution in [0.5, 0.6) is 0 Å². The first-order valence-electron chi connectivity index (χ1n) is 9.10. The van der Waals surface area contributed by atoms with Gasteiger partial charge in [-0.15, -0.1) is 6.42 Å². The van der Waals surface area contributed by atoms with Crippen LogP contribution in [0.15, 0.2) is 53.4 Å². The molecule has 0 aromatic heterocycles. The molecule has 2 aromatic rings. The molecule has 0 fully saturated rings. The smallest absolute Gasteiger partial charge is 0.265 e. The molecule has 2 rings (SSSR count). The van der Waals surface area contributed by atoms with E-state index in [0.717, 1.165) is 0 Å². The highest BCUT2D eigenvalue weighted by atomic mass is 32.2. The Kier molecular flexibility index (Phi) is 8.04. The van der Waals surface area contributed by atoms with E-state index in [2.05, 4.69) is 11.2 Å². The molecule has 10 heteroatoms. The predicted molar refractivity (Wildman–Crippen MR) is 111 cm³/mol. The fraction of sp³-hybridized carbons (Fsp3) is 0.190. The van der Waals surface area contributed by atoms with Crippen LogP contribution in [0.1, 0.15) is 34.3 Å². The lowest BCUT2D eigenvalue weighted by Gasteiger charge is -2.21. The molecule has 4 N–H and O–H groups in total. The van der Waals surface area contributed by atoms with Crippen LogP contribution < -0.4 is 11.1 Å². The van der Waals surface area contributed by atoms with Gasteiger partial charge in [0.05, 0.1) is 4.90 Å². The molecule has 0 aliphatic carbocycles. The van der Waals surface area contributed by atoms with Crippen molar-refractivity contribution in [3.63, 3.8) is 0 Å². The number of benzene rings is 2. The molecule has 0 saturated carbocycles. The van der Waals surface area contributed by atoms with Gasteiger partial charge < -0.3 is 15.8 Å². The Morgan fingerprint density at radius 1 is 1.19 bits per heavy atom. The summed E-state index contributed by atoms with van der Waals surface area (Å²) in [7, 11) is -4.39. The average Bonchev–Trinajstić information content (AvgIpc) is 2.78. The number of amides is 2. The zero-order chi connectivity index (χ0) is 23.0. The average molecular weight is 443 g/mol. The molecule has 0 radical (unpaired) electrons. The summed E-state index contributed by atoms with van der Waals surface area (Å²) < 4.78 is 25.0. The minimum Gasteiger partial charge on any atom is -0.366 e. The van der Waals surface area contributed by atoms with Gasteiger partial charge in [-0.05, 0) is 42.3 Å². The number of nitrogens with one attached hydrogen (secondary N) is 1. The lowest BCUT2D eigenvalue weighted by Crippen LogP contribution is -2.39. The van der Waals surface area contributed by atoms with Gasteiger partial charge in [-0.25, -0.2) is 8.42 Å². The number of terminal acetylenes is 1. The summed E-state index contributed by atoms with van der Waals surface area (Å²) in [6, 6.07) is 10.2. The first-order chi connectivity index (χ1) is 14.7. The maximum absolute atomic E-state index is 12.5. The van der Waals surface area contributed by atoms with Crippen LogP contribution in [-0.2, 0) is 26.2 Å². The second-order valence-electron chi connectivity index (χ2n) is 6.49. The molecule has 0 bridgehead atoms. The highest BCUT2D eigenvalue weighted by Gasteiger charge is 2.30. The van der Waals surface area contributed by atoms with Gasteiger partial charge in [-0.3, -0.25) is 14.8 Å². The number of sulfonamides is 1. The van der Waals surface area contributed by atoms with E-state index in [0.29, 0.717) is 11.1 Å². The normalized spacial score (nSPS) is 12.0. The molecule has 0 unspecified atom stereocenters. The highest BCUT2D eigenvalue weighted by molar-refractivity contribution is 7.89. The van der Waals surface area contributed by atoms with Crippen molar-refractivity contribution in [1.82, 2.24) is 9.79 Å². The van der Waals surface area contributed by atoms with Crippen molar-refractivity contribution < 1.29 is 28.0 Å². The number of nitrogens with two attached hydrogens (primary N) is 1. The van der Waals surface area contributed by atoms with Gasteiger partial charge >= 0.3 is 0 Å². The molecule has 162 valence electrons. The Morgan fingerprint density at radius 2 is 1.84 bits per heavy atom. The van der Waals surface area contributed by atoms with Crippen LogP contribution in [0, 0.1) is 12.3 Å². The summed E-state index contributed by atoms with van der Waals surface area (Å²) in [5, 5.41) is 12.7. The van der Waals surface area contributed by atoms with Gasteiger partial charge in [0.2, 0.25) is 11.8 Å². The monoisotopic (exact) mass is 443 g/mol. The van der Waals surface area contributed by atoms with E-state index in [1.807, 2.05) is 0 Å². The van der Waals surface area contributed by atoms with Crippen molar-refractivity contribution in [1.29, 1.82) is 0 Å². The van der Waals surface area contributed by atoms with Gasteiger partial charge in [-0.1, -0.05) is 28.6 Å². The molecule has 0 spiro atoms. The Bertz CT molecular complexity index is 1110. The number of hydrogen-bond donors (Lipinski definition) is 3. The zero-order valence-electron chi connectivity index (χ0n) is 16.4. The van der Waals surface area contributed by atoms with Crippen molar-refractivity contribution in [3.8, 4) is 12.3 Å². The largest absolute Gasteiger partial charge is 0.366 e. The summed E-state index contributed by atoms with van der Waals surface area (Å²) in [5.41, 5.74) is 6.51. The molecule has 0 heterocycles. The van der Waals surface area contributed by atoms with Crippen LogP contribution in [0.3, 0.4) is 0 Å². The quantitative estimate of drug-likeness (QED) is 0.281. The summed E-state index contributed by atoms with van der Waals surface area (Å²) in [6.45, 7) is 0.0202. The van der Waals surface area contributed by atoms with Crippen molar-refractivity contribution in [2.45, 2.75) is 30.3 Å². The topological polar surface area (TPSA) is 147 Å². The van der Waals surface area contributed by atoms with Crippen molar-refractivity contribution in [2.75, 3.05) is 0 Å². The molecule has 9 nitrogen and oxygen atoms in total. The second kappa shape index (κ2) is 10.5. The number of hydrogen-bond acceptors (Lipinski definition) is 6. The molecule has 0 aliphatic heterocycles. The maximum Gasteiger partial charge on any atom is 0.265 e. The number of primary amides is 1. The predicted octanol–water partition coefficient (Wildman–Crippen LogP) is 0.811. The molecule has 1 atom stereocenters. The van der Waals surface area contributed by atoms with Crippen LogP contribution >= 0.6 is 0 Å². The molecular weight excluding hydrogens is 422 g/mol. The number of carbonyl (C=O) groups excluding carboxylic acids is 3. The summed E-state index contributed by atoms with van der Waals surface area (Å²) in [6.07, 6.45) is 4.96. The maximum atomic E-state index is 12.5. The van der Waals surface area contributed by atoms with E-state index in [1.54, 1.807) is 18.2 Å². The van der Waals surface area contributed by atoms with Crippen LogP contribution in [-0.4, -0.2) is 42.2 Å². The molecule has 0 aliphatic rings. The molecular formula is C21H21N3O6S. The third-order valence-electron chi connectivity index (χ3n) is 4.43. The second-order valence-corrected chi connectivity index (χ2v) is 8.28. The summed E-state index contributed by atoms with van der Waals surface area (Å²) in [4.78, 5) is 34.6. The first kappa shape index (κ1) is 23.8. The molecule has 2 amide bonds. The number of hydroxylamine groups is 1. The van der Waals surface area contributed by atoms with E-state index in [4.69, 9.17) is 12.2 Å². The molecule has 2 aromatic carbocycles. The lowest BCUT2D eigenvalue weighted by atomic mass is 10.1. The Balaban J connectivity index is 1.99. The molecule has 0 saturated heterocycles. The molecule has 31 heavy (non-hydrogen) atoms. The Labute approximate surface area is 179 Å². The Hall–Kier alpha value is -3.52. The third kappa shape index (κ3) is 5.99. The number of carbonyl (C=O) groups is 3. The van der Waals surface area contributed by atoms with Crippen LogP contribution in [0.4, 0.5) is 0 Å². The third-order valence-corrected chi connectivity index (χ3v) is 6.06. The van der Waals surface area contributed by atoms with Crippen LogP contribution in [0.2, 0.25) is 0 Å². The van der Waals surface area contributed by atoms with Crippen LogP contribution in [0.25, 0.3) is 0 Å². The fourth-order valence-electron chi connectivity index (χ4n) is 2.72. The van der Waals surface area contributed by atoms with E-state index < -0.39 is 27.9 Å². The fourth-order valence-corrected chi connectivity index (χ4v) is 3.92. The first-order valence-corrected chi connectivity index (χ1v) is 10.5. The van der Waals surface area contributed by atoms with Gasteiger partial charge in [0.1, 0.15) is 12.3 Å². The standard InChI is InChI=1S/C21H21N3O6S/c1-2-15-7-10-18(11-8-15)31(29,30)24(28)17(14-25)9-12-20(26)23-13-16-5-3-4-6-19(16)21(22)27/h1,3-8,10-11,14,17,28H,9,12-13H2,(H2,22,27)(H,23,26)/t17-/m1/s1. The van der Waals surface area contributed by atoms with Gasteiger partial charge in [0.25, 0.3) is 10.0 Å². The highest BCUT2D eigenvalue weighted by Crippen LogP contribution is 2.18. The Morgan fingerprint density at radius 3 is 2.42 bits per heavy atom. The minimum absolute atomic E-state index is 0.0202.